The average Bonchev–Trinajstić information content (AvgIpc) is 3.42. The van der Waals surface area contributed by atoms with Crippen molar-refractivity contribution in [1.82, 2.24) is 9.80 Å². The van der Waals surface area contributed by atoms with Crippen molar-refractivity contribution in [2.45, 2.75) is 188 Å². The molecule has 75 heavy (non-hydrogen) atoms. The minimum absolute atomic E-state index is 0.191. The van der Waals surface area contributed by atoms with E-state index in [1.54, 1.807) is 12.1 Å². The van der Waals surface area contributed by atoms with E-state index in [2.05, 4.69) is 37.5 Å². The lowest BCUT2D eigenvalue weighted by molar-refractivity contribution is -0.154. The van der Waals surface area contributed by atoms with Gasteiger partial charge in [0.1, 0.15) is 19.6 Å². The number of nitrogens with zero attached hydrogens (tertiary/aromatic N) is 4. The summed E-state index contributed by atoms with van der Waals surface area (Å²) in [5.74, 6) is -3.61. The van der Waals surface area contributed by atoms with Crippen LogP contribution in [0.4, 0.5) is 11.4 Å². The van der Waals surface area contributed by atoms with Gasteiger partial charge in [0.25, 0.3) is 23.6 Å². The summed E-state index contributed by atoms with van der Waals surface area (Å²) in [6.45, 7) is 11.6. The Hall–Kier alpha value is -5.78. The van der Waals surface area contributed by atoms with Crippen molar-refractivity contribution in [2.75, 3.05) is 62.3 Å². The van der Waals surface area contributed by atoms with Gasteiger partial charge in [0.2, 0.25) is 0 Å². The Morgan fingerprint density at radius 1 is 0.387 bits per heavy atom. The zero-order valence-corrected chi connectivity index (χ0v) is 46.2. The molecule has 0 bridgehead atoms. The molecule has 0 saturated heterocycles. The van der Waals surface area contributed by atoms with Gasteiger partial charge in [-0.3, -0.25) is 38.6 Å². The first-order valence-electron chi connectivity index (χ1n) is 29.3. The number of carbonyl (C=O) groups excluding carboxylic acids is 6. The van der Waals surface area contributed by atoms with Crippen LogP contribution in [0.5, 0.6) is 0 Å². The quantitative estimate of drug-likeness (QED) is 0.0185. The van der Waals surface area contributed by atoms with Crippen molar-refractivity contribution < 1.29 is 38.2 Å². The van der Waals surface area contributed by atoms with Crippen molar-refractivity contribution >= 4 is 68.5 Å². The van der Waals surface area contributed by atoms with Gasteiger partial charge in [-0.2, -0.15) is 0 Å². The smallest absolute Gasteiger partial charge is 0.317 e. The average molecular weight is 1030 g/mol. The van der Waals surface area contributed by atoms with Crippen LogP contribution in [0.1, 0.15) is 230 Å². The molecule has 0 saturated carbocycles. The third-order valence-corrected chi connectivity index (χ3v) is 15.2. The zero-order chi connectivity index (χ0) is 53.4. The van der Waals surface area contributed by atoms with Crippen molar-refractivity contribution in [3.8, 4) is 0 Å². The summed E-state index contributed by atoms with van der Waals surface area (Å²) >= 11 is 0. The predicted molar refractivity (Wildman–Crippen MR) is 303 cm³/mol. The number of esters is 2. The van der Waals surface area contributed by atoms with E-state index in [1.165, 1.54) is 128 Å². The topological polar surface area (TPSA) is 134 Å². The number of rotatable bonds is 38. The van der Waals surface area contributed by atoms with Gasteiger partial charge < -0.3 is 19.3 Å². The fourth-order valence-corrected chi connectivity index (χ4v) is 11.0. The lowest BCUT2D eigenvalue weighted by Crippen LogP contribution is -2.42. The monoisotopic (exact) mass is 1030 g/mol. The van der Waals surface area contributed by atoms with E-state index in [9.17, 15) is 28.8 Å². The Morgan fingerprint density at radius 2 is 0.680 bits per heavy atom. The molecule has 0 unspecified atom stereocenters. The summed E-state index contributed by atoms with van der Waals surface area (Å²) in [5, 5.41) is 3.08. The fourth-order valence-electron chi connectivity index (χ4n) is 11.0. The van der Waals surface area contributed by atoms with Gasteiger partial charge in [-0.05, 0) is 62.1 Å². The highest BCUT2D eigenvalue weighted by atomic mass is 16.6. The van der Waals surface area contributed by atoms with Crippen LogP contribution < -0.4 is 9.80 Å². The van der Waals surface area contributed by atoms with E-state index in [0.717, 1.165) is 83.8 Å². The van der Waals surface area contributed by atoms with Crippen LogP contribution in [0.3, 0.4) is 0 Å². The first-order chi connectivity index (χ1) is 36.6. The van der Waals surface area contributed by atoms with Gasteiger partial charge in [-0.1, -0.05) is 180 Å². The minimum atomic E-state index is -0.886. The van der Waals surface area contributed by atoms with Crippen LogP contribution in [-0.4, -0.2) is 97.8 Å². The van der Waals surface area contributed by atoms with E-state index in [4.69, 9.17) is 9.47 Å². The first-order valence-corrected chi connectivity index (χ1v) is 29.3. The molecular formula is C63H88N4O8. The minimum Gasteiger partial charge on any atom is -0.463 e. The molecule has 0 N–H and O–H groups in total. The summed E-state index contributed by atoms with van der Waals surface area (Å²) < 4.78 is 10.7. The number of carbonyl (C=O) groups is 6. The highest BCUT2D eigenvalue weighted by molar-refractivity contribution is 6.28. The Balaban J connectivity index is 1.01. The maximum atomic E-state index is 14.0. The summed E-state index contributed by atoms with van der Waals surface area (Å²) in [7, 11) is 0. The molecule has 6 rings (SSSR count). The van der Waals surface area contributed by atoms with Crippen molar-refractivity contribution in [1.29, 1.82) is 0 Å². The van der Waals surface area contributed by atoms with Crippen LogP contribution in [-0.2, 0) is 19.1 Å². The maximum absolute atomic E-state index is 14.0. The SMILES string of the molecule is CCCCCCCCN(CCCCCCCC)c1ccc2c3c(cccc13)C(=O)N(CCOC(=O)CC(=O)OCCN1C(=O)c3cccc4c(N(CCCCCCCC)CCCCCCCC)ccc(c34)C1=O)C2=O. The molecular weight excluding hydrogens is 941 g/mol. The molecule has 2 heterocycles. The largest absolute Gasteiger partial charge is 0.463 e. The van der Waals surface area contributed by atoms with Crippen molar-refractivity contribution in [3.63, 3.8) is 0 Å². The van der Waals surface area contributed by atoms with Crippen LogP contribution in [0, 0.1) is 0 Å². The van der Waals surface area contributed by atoms with E-state index >= 15 is 0 Å². The molecule has 0 fully saturated rings. The maximum Gasteiger partial charge on any atom is 0.317 e. The number of anilines is 2. The van der Waals surface area contributed by atoms with Crippen molar-refractivity contribution in [3.05, 3.63) is 82.9 Å². The molecule has 2 aliphatic rings. The molecule has 4 aromatic rings. The summed E-state index contributed by atoms with van der Waals surface area (Å²) in [6.07, 6.45) is 28.1. The number of benzene rings is 4. The van der Waals surface area contributed by atoms with E-state index in [0.29, 0.717) is 33.0 Å². The second-order valence-corrected chi connectivity index (χ2v) is 20.9. The number of hydrogen-bond acceptors (Lipinski definition) is 10. The number of ether oxygens (including phenoxy) is 2. The second kappa shape index (κ2) is 31.3. The molecule has 0 aromatic heterocycles. The highest BCUT2D eigenvalue weighted by Gasteiger charge is 2.35. The number of unbranched alkanes of at least 4 members (excludes halogenated alkanes) is 20. The lowest BCUT2D eigenvalue weighted by atomic mass is 9.92. The molecule has 0 aliphatic carbocycles. The molecule has 0 atom stereocenters. The van der Waals surface area contributed by atoms with Gasteiger partial charge in [-0.15, -0.1) is 0 Å². The van der Waals surface area contributed by atoms with Gasteiger partial charge >= 0.3 is 11.9 Å². The summed E-state index contributed by atoms with van der Waals surface area (Å²) in [4.78, 5) is 88.7. The van der Waals surface area contributed by atoms with Gasteiger partial charge in [0.15, 0.2) is 0 Å². The van der Waals surface area contributed by atoms with Crippen LogP contribution >= 0.6 is 0 Å². The molecule has 4 aromatic carbocycles. The second-order valence-electron chi connectivity index (χ2n) is 20.9. The standard InChI is InChI=1S/C63H88N4O8/c1-5-9-13-17-21-25-39-64(40-26-22-18-14-10-6-2)54-37-35-52-58-48(54)31-29-33-50(58)60(70)66(62(52)72)43-45-74-56(68)47-57(69)75-46-44-67-61(71)51-34-30-32-49-55(38-36-53(59(49)51)63(67)73)65(41-27-23-19-15-11-7-3)42-28-24-20-16-12-8-4/h29-38H,5-28,39-47H2,1-4H3. The van der Waals surface area contributed by atoms with Crippen LogP contribution in [0.25, 0.3) is 21.5 Å². The van der Waals surface area contributed by atoms with Gasteiger partial charge in [0.05, 0.1) is 13.1 Å². The normalized spacial score (nSPS) is 13.1. The Morgan fingerprint density at radius 3 is 1.00 bits per heavy atom. The Labute approximate surface area is 448 Å². The number of hydrogen-bond donors (Lipinski definition) is 0. The van der Waals surface area contributed by atoms with Crippen LogP contribution in [0.15, 0.2) is 60.7 Å². The third-order valence-electron chi connectivity index (χ3n) is 15.2. The van der Waals surface area contributed by atoms with E-state index in [-0.39, 0.29) is 26.3 Å². The van der Waals surface area contributed by atoms with Crippen LogP contribution in [0.2, 0.25) is 0 Å². The van der Waals surface area contributed by atoms with E-state index < -0.39 is 42.0 Å². The van der Waals surface area contributed by atoms with E-state index in [1.807, 2.05) is 48.5 Å². The number of amides is 4. The third kappa shape index (κ3) is 16.1. The Bertz CT molecular complexity index is 2270. The molecule has 0 radical (unpaired) electrons. The molecule has 0 spiro atoms. The molecule has 12 nitrogen and oxygen atoms in total. The highest BCUT2D eigenvalue weighted by Crippen LogP contribution is 2.38. The summed E-state index contributed by atoms with van der Waals surface area (Å²) in [6, 6.07) is 18.9. The zero-order valence-electron chi connectivity index (χ0n) is 46.2. The summed E-state index contributed by atoms with van der Waals surface area (Å²) in [5.41, 5.74) is 3.79. The van der Waals surface area contributed by atoms with Crippen molar-refractivity contribution in [2.24, 2.45) is 0 Å². The lowest BCUT2D eigenvalue weighted by Gasteiger charge is -2.31. The molecule has 408 valence electrons. The predicted octanol–water partition coefficient (Wildman–Crippen LogP) is 14.4. The fraction of sp³-hybridized carbons (Fsp3) is 0.587. The van der Waals surface area contributed by atoms with Gasteiger partial charge in [-0.25, -0.2) is 0 Å². The van der Waals surface area contributed by atoms with Gasteiger partial charge in [0, 0.05) is 81.4 Å². The molecule has 12 heteroatoms. The molecule has 2 aliphatic heterocycles. The number of imide groups is 2. The Kier molecular flexibility index (Phi) is 24.4. The first kappa shape index (κ1) is 58.5. The molecule has 4 amide bonds.